The first-order valence-electron chi connectivity index (χ1n) is 5.25. The molecular weight excluding hydrogens is 228 g/mol. The van der Waals surface area contributed by atoms with Gasteiger partial charge >= 0.3 is 0 Å². The van der Waals surface area contributed by atoms with E-state index in [0.29, 0.717) is 25.2 Å². The largest absolute Gasteiger partial charge is 0.332 e. The van der Waals surface area contributed by atoms with Crippen molar-refractivity contribution in [2.75, 3.05) is 6.54 Å². The standard InChI is InChI=1S/C9H18N4O2S/c1-3-8-11-6-9(13-8)16(14,15)12-5-4-7(2)10/h6-7,12H,3-5,10H2,1-2H3,(H,11,13). The topological polar surface area (TPSA) is 101 Å². The maximum atomic E-state index is 11.7. The Bertz CT molecular complexity index is 424. The van der Waals surface area contributed by atoms with Crippen LogP contribution in [-0.2, 0) is 16.4 Å². The van der Waals surface area contributed by atoms with Gasteiger partial charge in [0.25, 0.3) is 10.0 Å². The Labute approximate surface area is 95.7 Å². The van der Waals surface area contributed by atoms with Crippen LogP contribution in [-0.4, -0.2) is 31.0 Å². The van der Waals surface area contributed by atoms with Crippen LogP contribution < -0.4 is 10.5 Å². The molecule has 0 aromatic carbocycles. The van der Waals surface area contributed by atoms with Crippen LogP contribution in [0, 0.1) is 0 Å². The molecule has 0 radical (unpaired) electrons. The molecule has 4 N–H and O–H groups in total. The normalized spacial score (nSPS) is 13.9. The number of nitrogens with two attached hydrogens (primary N) is 1. The third-order valence-electron chi connectivity index (χ3n) is 2.12. The third kappa shape index (κ3) is 3.58. The van der Waals surface area contributed by atoms with E-state index in [1.54, 1.807) is 0 Å². The SMILES string of the molecule is CCc1ncc(S(=O)(=O)NCCC(C)N)[nH]1. The predicted molar refractivity (Wildman–Crippen MR) is 61.4 cm³/mol. The molecule has 0 spiro atoms. The summed E-state index contributed by atoms with van der Waals surface area (Å²) in [5.74, 6) is 0.660. The summed E-state index contributed by atoms with van der Waals surface area (Å²) in [5.41, 5.74) is 5.53. The highest BCUT2D eigenvalue weighted by molar-refractivity contribution is 7.89. The number of H-pyrrole nitrogens is 1. The van der Waals surface area contributed by atoms with Gasteiger partial charge in [0.2, 0.25) is 0 Å². The van der Waals surface area contributed by atoms with Crippen LogP contribution in [0.15, 0.2) is 11.2 Å². The first-order valence-corrected chi connectivity index (χ1v) is 6.73. The molecular formula is C9H18N4O2S. The molecule has 0 fully saturated rings. The second-order valence-corrected chi connectivity index (χ2v) is 5.45. The number of hydrogen-bond acceptors (Lipinski definition) is 4. The molecule has 0 saturated heterocycles. The second-order valence-electron chi connectivity index (χ2n) is 3.71. The summed E-state index contributed by atoms with van der Waals surface area (Å²) in [6.07, 6.45) is 2.61. The molecule has 92 valence electrons. The van der Waals surface area contributed by atoms with Gasteiger partial charge in [-0.15, -0.1) is 0 Å². The summed E-state index contributed by atoms with van der Waals surface area (Å²) in [6, 6.07) is -0.0179. The van der Waals surface area contributed by atoms with Crippen LogP contribution in [0.4, 0.5) is 0 Å². The van der Waals surface area contributed by atoms with Gasteiger partial charge in [0, 0.05) is 19.0 Å². The van der Waals surface area contributed by atoms with Gasteiger partial charge in [-0.05, 0) is 13.3 Å². The van der Waals surface area contributed by atoms with Crippen LogP contribution in [0.1, 0.15) is 26.1 Å². The minimum atomic E-state index is -3.47. The molecule has 0 amide bonds. The van der Waals surface area contributed by atoms with E-state index in [1.807, 2.05) is 13.8 Å². The van der Waals surface area contributed by atoms with E-state index in [1.165, 1.54) is 6.20 Å². The molecule has 0 bridgehead atoms. The Morgan fingerprint density at radius 3 is 2.81 bits per heavy atom. The highest BCUT2D eigenvalue weighted by Gasteiger charge is 2.16. The molecule has 1 aromatic rings. The molecule has 0 aliphatic rings. The van der Waals surface area contributed by atoms with E-state index < -0.39 is 10.0 Å². The lowest BCUT2D eigenvalue weighted by atomic mass is 10.3. The van der Waals surface area contributed by atoms with Gasteiger partial charge in [-0.1, -0.05) is 6.92 Å². The van der Waals surface area contributed by atoms with Crippen LogP contribution in [0.5, 0.6) is 0 Å². The summed E-state index contributed by atoms with van der Waals surface area (Å²) in [5, 5.41) is 0.106. The average Bonchev–Trinajstić information content (AvgIpc) is 2.65. The van der Waals surface area contributed by atoms with E-state index in [9.17, 15) is 8.42 Å². The van der Waals surface area contributed by atoms with Gasteiger partial charge in [-0.3, -0.25) is 0 Å². The summed E-state index contributed by atoms with van der Waals surface area (Å²) < 4.78 is 25.9. The molecule has 1 heterocycles. The van der Waals surface area contributed by atoms with Crippen molar-refractivity contribution in [3.63, 3.8) is 0 Å². The van der Waals surface area contributed by atoms with Crippen LogP contribution >= 0.6 is 0 Å². The van der Waals surface area contributed by atoms with Gasteiger partial charge in [-0.2, -0.15) is 0 Å². The van der Waals surface area contributed by atoms with Gasteiger partial charge in [0.05, 0.1) is 6.20 Å². The lowest BCUT2D eigenvalue weighted by Crippen LogP contribution is -2.29. The summed E-state index contributed by atoms with van der Waals surface area (Å²) in [4.78, 5) is 6.69. The van der Waals surface area contributed by atoms with E-state index in [2.05, 4.69) is 14.7 Å². The minimum absolute atomic E-state index is 0.0179. The molecule has 6 nitrogen and oxygen atoms in total. The lowest BCUT2D eigenvalue weighted by molar-refractivity contribution is 0.568. The van der Waals surface area contributed by atoms with Crippen LogP contribution in [0.25, 0.3) is 0 Å². The van der Waals surface area contributed by atoms with Crippen LogP contribution in [0.3, 0.4) is 0 Å². The Kier molecular flexibility index (Phi) is 4.45. The molecule has 0 aliphatic heterocycles. The molecule has 1 unspecified atom stereocenters. The maximum absolute atomic E-state index is 11.7. The Balaban J connectivity index is 2.63. The number of sulfonamides is 1. The first-order chi connectivity index (χ1) is 7.45. The summed E-state index contributed by atoms with van der Waals surface area (Å²) in [6.45, 7) is 4.07. The summed E-state index contributed by atoms with van der Waals surface area (Å²) in [7, 11) is -3.47. The number of aromatic amines is 1. The number of imidazole rings is 1. The zero-order chi connectivity index (χ0) is 12.2. The fraction of sp³-hybridized carbons (Fsp3) is 0.667. The van der Waals surface area contributed by atoms with E-state index in [-0.39, 0.29) is 11.1 Å². The number of aryl methyl sites for hydroxylation is 1. The van der Waals surface area contributed by atoms with Gasteiger partial charge in [0.1, 0.15) is 5.82 Å². The fourth-order valence-corrected chi connectivity index (χ4v) is 2.14. The van der Waals surface area contributed by atoms with E-state index in [0.717, 1.165) is 0 Å². The van der Waals surface area contributed by atoms with Crippen molar-refractivity contribution in [2.24, 2.45) is 5.73 Å². The van der Waals surface area contributed by atoms with Gasteiger partial charge in [-0.25, -0.2) is 18.1 Å². The average molecular weight is 246 g/mol. The van der Waals surface area contributed by atoms with Crippen molar-refractivity contribution in [1.29, 1.82) is 0 Å². The molecule has 7 heteroatoms. The minimum Gasteiger partial charge on any atom is -0.332 e. The van der Waals surface area contributed by atoms with Crippen molar-refractivity contribution in [1.82, 2.24) is 14.7 Å². The molecule has 1 atom stereocenters. The van der Waals surface area contributed by atoms with E-state index in [4.69, 9.17) is 5.73 Å². The van der Waals surface area contributed by atoms with Crippen molar-refractivity contribution in [2.45, 2.75) is 37.8 Å². The smallest absolute Gasteiger partial charge is 0.257 e. The molecule has 16 heavy (non-hydrogen) atoms. The number of nitrogens with one attached hydrogen (secondary N) is 2. The van der Waals surface area contributed by atoms with E-state index >= 15 is 0 Å². The first kappa shape index (κ1) is 13.1. The summed E-state index contributed by atoms with van der Waals surface area (Å²) >= 11 is 0. The molecule has 0 saturated carbocycles. The predicted octanol–water partition coefficient (Wildman–Crippen LogP) is -0.0123. The van der Waals surface area contributed by atoms with Crippen molar-refractivity contribution < 1.29 is 8.42 Å². The molecule has 0 aliphatic carbocycles. The Hall–Kier alpha value is -0.920. The third-order valence-corrected chi connectivity index (χ3v) is 3.49. The highest BCUT2D eigenvalue weighted by atomic mass is 32.2. The quantitative estimate of drug-likeness (QED) is 0.657. The van der Waals surface area contributed by atoms with Crippen molar-refractivity contribution in [3.05, 3.63) is 12.0 Å². The van der Waals surface area contributed by atoms with Crippen molar-refractivity contribution >= 4 is 10.0 Å². The number of hydrogen-bond donors (Lipinski definition) is 3. The highest BCUT2D eigenvalue weighted by Crippen LogP contribution is 2.05. The molecule has 1 rings (SSSR count). The van der Waals surface area contributed by atoms with Gasteiger partial charge < -0.3 is 10.7 Å². The Morgan fingerprint density at radius 2 is 2.31 bits per heavy atom. The Morgan fingerprint density at radius 1 is 1.62 bits per heavy atom. The van der Waals surface area contributed by atoms with Gasteiger partial charge in [0.15, 0.2) is 5.03 Å². The monoisotopic (exact) mass is 246 g/mol. The van der Waals surface area contributed by atoms with Crippen LogP contribution in [0.2, 0.25) is 0 Å². The fourth-order valence-electron chi connectivity index (χ4n) is 1.16. The number of rotatable bonds is 6. The molecule has 1 aromatic heterocycles. The second kappa shape index (κ2) is 5.42. The zero-order valence-electron chi connectivity index (χ0n) is 9.53. The zero-order valence-corrected chi connectivity index (χ0v) is 10.3. The maximum Gasteiger partial charge on any atom is 0.257 e. The number of nitrogens with zero attached hydrogens (tertiary/aromatic N) is 1. The number of aromatic nitrogens is 2. The lowest BCUT2D eigenvalue weighted by Gasteiger charge is -2.06. The van der Waals surface area contributed by atoms with Crippen molar-refractivity contribution in [3.8, 4) is 0 Å².